The highest BCUT2D eigenvalue weighted by Crippen LogP contribution is 2.11. The predicted octanol–water partition coefficient (Wildman–Crippen LogP) is -5.92. The van der Waals surface area contributed by atoms with Crippen LogP contribution in [0.5, 0.6) is 0 Å². The van der Waals surface area contributed by atoms with Crippen molar-refractivity contribution < 1.29 is 75.2 Å². The molecule has 1 amide bonds. The fourth-order valence-corrected chi connectivity index (χ4v) is 3.58. The molecule has 0 radical (unpaired) electrons. The zero-order chi connectivity index (χ0) is 31.4. The number of alkyl carbamates (subject to hydrolysis) is 1. The third-order valence-electron chi connectivity index (χ3n) is 5.75. The Bertz CT molecular complexity index is 626. The number of carbonyl (C=O) groups is 1. The fourth-order valence-electron chi connectivity index (χ4n) is 3.58. The van der Waals surface area contributed by atoms with Gasteiger partial charge in [0.05, 0.1) is 56.9 Å². The van der Waals surface area contributed by atoms with Crippen molar-refractivity contribution in [3.8, 4) is 0 Å². The number of hydrogen-bond donors (Lipinski definition) is 12. The maximum absolute atomic E-state index is 11.2. The summed E-state index contributed by atoms with van der Waals surface area (Å²) in [5.41, 5.74) is 0. The Hall–Kier alpha value is -1.29. The van der Waals surface area contributed by atoms with Gasteiger partial charge < -0.3 is 75.7 Å². The van der Waals surface area contributed by atoms with Gasteiger partial charge in [-0.3, -0.25) is 4.90 Å². The molecular weight excluding hydrogens is 556 g/mol. The van der Waals surface area contributed by atoms with E-state index in [4.69, 9.17) is 24.4 Å². The van der Waals surface area contributed by atoms with Gasteiger partial charge in [0.2, 0.25) is 0 Å². The quantitative estimate of drug-likeness (QED) is 0.0461. The molecule has 0 bridgehead atoms. The van der Waals surface area contributed by atoms with Crippen molar-refractivity contribution in [1.82, 2.24) is 10.2 Å². The first-order valence-corrected chi connectivity index (χ1v) is 13.5. The molecule has 0 aromatic heterocycles. The van der Waals surface area contributed by atoms with Gasteiger partial charge in [-0.15, -0.1) is 0 Å². The zero-order valence-electron chi connectivity index (χ0n) is 23.4. The van der Waals surface area contributed by atoms with Crippen LogP contribution in [0.15, 0.2) is 0 Å². The number of ether oxygens (including phenoxy) is 3. The van der Waals surface area contributed by atoms with E-state index in [2.05, 4.69) is 5.32 Å². The molecule has 0 saturated heterocycles. The highest BCUT2D eigenvalue weighted by Gasteiger charge is 2.31. The molecule has 0 fully saturated rings. The molecule has 0 spiro atoms. The van der Waals surface area contributed by atoms with Crippen LogP contribution >= 0.6 is 0 Å². The van der Waals surface area contributed by atoms with Crippen LogP contribution in [-0.2, 0) is 14.2 Å². The standard InChI is InChI=1S/C24H50N2O15/c1-2-25-24(38)41-14-17(31)13-40-12-16(30)11-39-10-15(29)7-26(8-20(34)22(36)18(32)3-5-27)9-21(35)23(37)19(33)4-6-28/h15-23,27-37H,2-14H2,1H3,(H,25,38). The van der Waals surface area contributed by atoms with Crippen LogP contribution in [0.25, 0.3) is 0 Å². The van der Waals surface area contributed by atoms with E-state index < -0.39 is 87.3 Å². The van der Waals surface area contributed by atoms with Crippen molar-refractivity contribution in [3.05, 3.63) is 0 Å². The molecule has 41 heavy (non-hydrogen) atoms. The molecule has 0 aliphatic heterocycles. The molecule has 0 aliphatic carbocycles. The smallest absolute Gasteiger partial charge is 0.407 e. The molecule has 0 heterocycles. The summed E-state index contributed by atoms with van der Waals surface area (Å²) in [4.78, 5) is 12.4. The Kier molecular flexibility index (Phi) is 22.5. The molecular formula is C24H50N2O15. The number of rotatable bonds is 25. The van der Waals surface area contributed by atoms with E-state index in [1.54, 1.807) is 6.92 Å². The molecule has 17 nitrogen and oxygen atoms in total. The van der Waals surface area contributed by atoms with Gasteiger partial charge in [0, 0.05) is 39.4 Å². The average Bonchev–Trinajstić information content (AvgIpc) is 2.91. The average molecular weight is 607 g/mol. The van der Waals surface area contributed by atoms with Gasteiger partial charge in [0.1, 0.15) is 31.0 Å². The lowest BCUT2D eigenvalue weighted by atomic mass is 10.0. The summed E-state index contributed by atoms with van der Waals surface area (Å²) >= 11 is 0. The van der Waals surface area contributed by atoms with Crippen LogP contribution in [0, 0.1) is 0 Å². The molecule has 0 rings (SSSR count). The number of amides is 1. The van der Waals surface area contributed by atoms with Gasteiger partial charge in [-0.25, -0.2) is 4.79 Å². The Balaban J connectivity index is 4.76. The summed E-state index contributed by atoms with van der Waals surface area (Å²) in [5, 5.41) is 111. The third-order valence-corrected chi connectivity index (χ3v) is 5.75. The number of aliphatic hydroxyl groups is 11. The minimum atomic E-state index is -1.67. The lowest BCUT2D eigenvalue weighted by molar-refractivity contribution is -0.0992. The van der Waals surface area contributed by atoms with E-state index in [1.807, 2.05) is 0 Å². The molecule has 9 unspecified atom stereocenters. The number of nitrogens with zero attached hydrogens (tertiary/aromatic N) is 1. The summed E-state index contributed by atoms with van der Waals surface area (Å²) in [7, 11) is 0. The van der Waals surface area contributed by atoms with Crippen molar-refractivity contribution >= 4 is 6.09 Å². The number of aliphatic hydroxyl groups excluding tert-OH is 11. The van der Waals surface area contributed by atoms with Gasteiger partial charge in [0.15, 0.2) is 0 Å². The van der Waals surface area contributed by atoms with E-state index in [-0.39, 0.29) is 52.4 Å². The minimum Gasteiger partial charge on any atom is -0.447 e. The lowest BCUT2D eigenvalue weighted by Gasteiger charge is -2.33. The first kappa shape index (κ1) is 39.7. The van der Waals surface area contributed by atoms with Crippen molar-refractivity contribution in [2.24, 2.45) is 0 Å². The van der Waals surface area contributed by atoms with Crippen LogP contribution < -0.4 is 5.32 Å². The first-order chi connectivity index (χ1) is 19.4. The van der Waals surface area contributed by atoms with Crippen molar-refractivity contribution in [2.45, 2.75) is 74.7 Å². The summed E-state index contributed by atoms with van der Waals surface area (Å²) in [6, 6.07) is 0. The van der Waals surface area contributed by atoms with E-state index in [0.29, 0.717) is 6.54 Å². The van der Waals surface area contributed by atoms with E-state index in [0.717, 1.165) is 0 Å². The highest BCUT2D eigenvalue weighted by atomic mass is 16.6. The maximum Gasteiger partial charge on any atom is 0.407 e. The minimum absolute atomic E-state index is 0.210. The molecule has 17 heteroatoms. The topological polar surface area (TPSA) is 283 Å². The van der Waals surface area contributed by atoms with E-state index >= 15 is 0 Å². The molecule has 0 aliphatic rings. The molecule has 9 atom stereocenters. The Morgan fingerprint density at radius 1 is 0.634 bits per heavy atom. The largest absolute Gasteiger partial charge is 0.447 e. The second-order valence-electron chi connectivity index (χ2n) is 9.66. The van der Waals surface area contributed by atoms with Crippen molar-refractivity contribution in [3.63, 3.8) is 0 Å². The summed E-state index contributed by atoms with van der Waals surface area (Å²) in [5.74, 6) is 0. The van der Waals surface area contributed by atoms with Crippen molar-refractivity contribution in [2.75, 3.05) is 72.4 Å². The predicted molar refractivity (Wildman–Crippen MR) is 141 cm³/mol. The number of hydrogen-bond acceptors (Lipinski definition) is 16. The molecule has 0 saturated carbocycles. The van der Waals surface area contributed by atoms with Crippen LogP contribution in [0.1, 0.15) is 19.8 Å². The molecule has 0 aromatic rings. The summed E-state index contributed by atoms with van der Waals surface area (Å²) < 4.78 is 15.1. The Morgan fingerprint density at radius 2 is 1.05 bits per heavy atom. The molecule has 12 N–H and O–H groups in total. The highest BCUT2D eigenvalue weighted by molar-refractivity contribution is 5.66. The molecule has 0 aromatic carbocycles. The van der Waals surface area contributed by atoms with Gasteiger partial charge in [0.25, 0.3) is 0 Å². The van der Waals surface area contributed by atoms with Crippen molar-refractivity contribution in [1.29, 1.82) is 0 Å². The van der Waals surface area contributed by atoms with Gasteiger partial charge in [-0.1, -0.05) is 0 Å². The van der Waals surface area contributed by atoms with Crippen LogP contribution in [0.2, 0.25) is 0 Å². The van der Waals surface area contributed by atoms with Gasteiger partial charge in [-0.05, 0) is 19.8 Å². The Labute approximate surface area is 239 Å². The third kappa shape index (κ3) is 18.8. The van der Waals surface area contributed by atoms with E-state index in [9.17, 15) is 50.8 Å². The number of carbonyl (C=O) groups excluding carboxylic acids is 1. The van der Waals surface area contributed by atoms with Crippen LogP contribution in [0.4, 0.5) is 4.79 Å². The van der Waals surface area contributed by atoms with E-state index in [1.165, 1.54) is 4.90 Å². The second-order valence-corrected chi connectivity index (χ2v) is 9.66. The monoisotopic (exact) mass is 606 g/mol. The number of nitrogens with one attached hydrogen (secondary N) is 1. The lowest BCUT2D eigenvalue weighted by Crippen LogP contribution is -2.51. The van der Waals surface area contributed by atoms with Crippen LogP contribution in [-0.4, -0.2) is 195 Å². The maximum atomic E-state index is 11.2. The first-order valence-electron chi connectivity index (χ1n) is 13.5. The summed E-state index contributed by atoms with van der Waals surface area (Å²) in [6.07, 6.45) is -14.0. The van der Waals surface area contributed by atoms with Crippen LogP contribution in [0.3, 0.4) is 0 Å². The Morgan fingerprint density at radius 3 is 1.46 bits per heavy atom. The zero-order valence-corrected chi connectivity index (χ0v) is 23.4. The normalized spacial score (nSPS) is 18.7. The van der Waals surface area contributed by atoms with Gasteiger partial charge in [-0.2, -0.15) is 0 Å². The molecule has 246 valence electrons. The summed E-state index contributed by atoms with van der Waals surface area (Å²) in [6.45, 7) is -1.25. The second kappa shape index (κ2) is 23.2. The fraction of sp³-hybridized carbons (Fsp3) is 0.958. The SMILES string of the molecule is CCNC(=O)OCC(O)COCC(O)COCC(O)CN(CC(O)C(O)C(O)CCO)CC(O)C(O)C(O)CCO. The van der Waals surface area contributed by atoms with Gasteiger partial charge >= 0.3 is 6.09 Å².